The van der Waals surface area contributed by atoms with Crippen LogP contribution in [0.4, 0.5) is 10.1 Å². The van der Waals surface area contributed by atoms with Crippen LogP contribution in [0.5, 0.6) is 5.75 Å². The molecule has 0 saturated carbocycles. The van der Waals surface area contributed by atoms with E-state index < -0.39 is 22.2 Å². The van der Waals surface area contributed by atoms with Gasteiger partial charge in [0.2, 0.25) is 5.75 Å². The Kier molecular flexibility index (Phi) is 4.14. The van der Waals surface area contributed by atoms with Gasteiger partial charge in [0, 0.05) is 23.8 Å². The first-order chi connectivity index (χ1) is 7.56. The lowest BCUT2D eigenvalue weighted by atomic mass is 10.2. The smallest absolute Gasteiger partial charge is 0.315 e. The molecule has 1 aromatic rings. The third kappa shape index (κ3) is 2.87. The van der Waals surface area contributed by atoms with Crippen LogP contribution in [-0.2, 0) is 0 Å². The molecule has 0 heterocycles. The van der Waals surface area contributed by atoms with E-state index in [4.69, 9.17) is 5.11 Å². The second-order valence-corrected chi connectivity index (χ2v) is 3.31. The summed E-state index contributed by atoms with van der Waals surface area (Å²) < 4.78 is 13.1. The van der Waals surface area contributed by atoms with Gasteiger partial charge in [0.15, 0.2) is 5.82 Å². The van der Waals surface area contributed by atoms with Gasteiger partial charge in [-0.3, -0.25) is 10.1 Å². The molecule has 16 heavy (non-hydrogen) atoms. The molecule has 0 fully saturated rings. The van der Waals surface area contributed by atoms with E-state index in [0.29, 0.717) is 12.2 Å². The topological polar surface area (TPSA) is 63.4 Å². The predicted molar refractivity (Wildman–Crippen MR) is 60.1 cm³/mol. The number of aromatic hydroxyl groups is 1. The number of thiol groups is 1. The number of benzene rings is 1. The molecule has 0 aliphatic rings. The number of phenolic OH excluding ortho intramolecular Hbond substituents is 1. The van der Waals surface area contributed by atoms with Crippen molar-refractivity contribution in [3.05, 3.63) is 33.6 Å². The van der Waals surface area contributed by atoms with Crippen LogP contribution in [0.1, 0.15) is 12.0 Å². The van der Waals surface area contributed by atoms with Crippen molar-refractivity contribution in [1.29, 1.82) is 0 Å². The van der Waals surface area contributed by atoms with Gasteiger partial charge in [-0.1, -0.05) is 11.8 Å². The van der Waals surface area contributed by atoms with Crippen molar-refractivity contribution in [1.82, 2.24) is 0 Å². The Bertz CT molecular complexity index is 479. The first kappa shape index (κ1) is 12.3. The highest BCUT2D eigenvalue weighted by atomic mass is 32.1. The molecule has 6 heteroatoms. The van der Waals surface area contributed by atoms with Crippen molar-refractivity contribution >= 4 is 18.3 Å². The van der Waals surface area contributed by atoms with Gasteiger partial charge in [0.1, 0.15) is 0 Å². The van der Waals surface area contributed by atoms with E-state index in [0.717, 1.165) is 12.1 Å². The minimum atomic E-state index is -1.05. The summed E-state index contributed by atoms with van der Waals surface area (Å²) in [4.78, 5) is 9.62. The maximum absolute atomic E-state index is 13.1. The van der Waals surface area contributed by atoms with Crippen LogP contribution in [0.2, 0.25) is 0 Å². The van der Waals surface area contributed by atoms with E-state index >= 15 is 0 Å². The fourth-order valence-corrected chi connectivity index (χ4v) is 1.13. The van der Waals surface area contributed by atoms with Crippen LogP contribution in [0, 0.1) is 27.8 Å². The zero-order valence-corrected chi connectivity index (χ0v) is 9.00. The molecule has 0 aliphatic heterocycles. The molecular formula is C10H8FNO3S. The third-order valence-electron chi connectivity index (χ3n) is 1.71. The molecule has 0 bridgehead atoms. The molecule has 0 saturated heterocycles. The normalized spacial score (nSPS) is 9.38. The summed E-state index contributed by atoms with van der Waals surface area (Å²) in [5, 5.41) is 19.6. The Morgan fingerprint density at radius 2 is 2.25 bits per heavy atom. The van der Waals surface area contributed by atoms with Crippen LogP contribution in [0.25, 0.3) is 0 Å². The summed E-state index contributed by atoms with van der Waals surface area (Å²) in [7, 11) is 0. The lowest BCUT2D eigenvalue weighted by Gasteiger charge is -1.98. The first-order valence-corrected chi connectivity index (χ1v) is 4.96. The number of nitro groups is 1. The molecule has 0 aromatic heterocycles. The van der Waals surface area contributed by atoms with E-state index in [1.54, 1.807) is 0 Å². The first-order valence-electron chi connectivity index (χ1n) is 4.33. The molecule has 1 rings (SSSR count). The largest absolute Gasteiger partial charge is 0.500 e. The Morgan fingerprint density at radius 3 is 2.81 bits per heavy atom. The van der Waals surface area contributed by atoms with E-state index in [9.17, 15) is 14.5 Å². The lowest BCUT2D eigenvalue weighted by molar-refractivity contribution is -0.386. The average molecular weight is 241 g/mol. The molecule has 4 nitrogen and oxygen atoms in total. The van der Waals surface area contributed by atoms with E-state index in [-0.39, 0.29) is 5.56 Å². The Hall–Kier alpha value is -1.74. The number of nitrogens with zero attached hydrogens (tertiary/aromatic N) is 1. The predicted octanol–water partition coefficient (Wildman–Crippen LogP) is 2.11. The maximum Gasteiger partial charge on any atom is 0.315 e. The summed E-state index contributed by atoms with van der Waals surface area (Å²) in [6.07, 6.45) is 0.499. The summed E-state index contributed by atoms with van der Waals surface area (Å²) in [6.45, 7) is 0. The fourth-order valence-electron chi connectivity index (χ4n) is 1.02. The van der Waals surface area contributed by atoms with E-state index in [1.165, 1.54) is 0 Å². The van der Waals surface area contributed by atoms with Crippen molar-refractivity contribution in [3.63, 3.8) is 0 Å². The van der Waals surface area contributed by atoms with Crippen molar-refractivity contribution in [2.45, 2.75) is 6.42 Å². The molecule has 0 amide bonds. The monoisotopic (exact) mass is 241 g/mol. The molecule has 0 aliphatic carbocycles. The summed E-state index contributed by atoms with van der Waals surface area (Å²) in [5.41, 5.74) is -0.529. The summed E-state index contributed by atoms with van der Waals surface area (Å²) >= 11 is 3.93. The summed E-state index contributed by atoms with van der Waals surface area (Å²) in [6, 6.07) is 1.98. The van der Waals surface area contributed by atoms with Gasteiger partial charge in [-0.25, -0.2) is 4.39 Å². The highest BCUT2D eigenvalue weighted by molar-refractivity contribution is 7.80. The zero-order chi connectivity index (χ0) is 12.1. The molecule has 0 atom stereocenters. The Morgan fingerprint density at radius 1 is 1.56 bits per heavy atom. The summed E-state index contributed by atoms with van der Waals surface area (Å²) in [5.74, 6) is 3.75. The van der Waals surface area contributed by atoms with Crippen molar-refractivity contribution in [3.8, 4) is 17.6 Å². The van der Waals surface area contributed by atoms with Crippen LogP contribution in [0.3, 0.4) is 0 Å². The molecule has 0 unspecified atom stereocenters. The van der Waals surface area contributed by atoms with Gasteiger partial charge in [-0.2, -0.15) is 12.6 Å². The number of halogens is 1. The maximum atomic E-state index is 13.1. The second-order valence-electron chi connectivity index (χ2n) is 2.86. The number of rotatable bonds is 2. The zero-order valence-electron chi connectivity index (χ0n) is 8.11. The molecule has 84 valence electrons. The van der Waals surface area contributed by atoms with Crippen molar-refractivity contribution in [2.75, 3.05) is 5.75 Å². The van der Waals surface area contributed by atoms with Crippen molar-refractivity contribution in [2.24, 2.45) is 0 Å². The lowest BCUT2D eigenvalue weighted by Crippen LogP contribution is -1.92. The van der Waals surface area contributed by atoms with Crippen LogP contribution >= 0.6 is 12.6 Å². The molecule has 0 spiro atoms. The SMILES string of the molecule is O=[N+]([O-])c1cc(C#CCCS)cc(F)c1O. The van der Waals surface area contributed by atoms with Crippen LogP contribution in [0.15, 0.2) is 12.1 Å². The van der Waals surface area contributed by atoms with Gasteiger partial charge >= 0.3 is 5.69 Å². The standard InChI is InChI=1S/C10H8FNO3S/c11-8-5-7(3-1-2-4-16)6-9(10(8)13)12(14)15/h5-6,13,16H,2,4H2. The van der Waals surface area contributed by atoms with E-state index in [2.05, 4.69) is 24.5 Å². The molecular weight excluding hydrogens is 233 g/mol. The molecule has 1 N–H and O–H groups in total. The minimum absolute atomic E-state index is 0.156. The van der Waals surface area contributed by atoms with E-state index in [1.807, 2.05) is 0 Å². The number of phenols is 1. The van der Waals surface area contributed by atoms with Gasteiger partial charge < -0.3 is 5.11 Å². The Labute approximate surface area is 96.7 Å². The highest BCUT2D eigenvalue weighted by Gasteiger charge is 2.18. The minimum Gasteiger partial charge on any atom is -0.500 e. The molecule has 0 radical (unpaired) electrons. The number of hydrogen-bond acceptors (Lipinski definition) is 4. The second kappa shape index (κ2) is 5.37. The van der Waals surface area contributed by atoms with Crippen molar-refractivity contribution < 1.29 is 14.4 Å². The van der Waals surface area contributed by atoms with Gasteiger partial charge in [0.05, 0.1) is 4.92 Å². The number of hydrogen-bond donors (Lipinski definition) is 2. The quantitative estimate of drug-likeness (QED) is 0.361. The van der Waals surface area contributed by atoms with Gasteiger partial charge in [-0.05, 0) is 6.07 Å². The Balaban J connectivity index is 3.15. The fraction of sp³-hybridized carbons (Fsp3) is 0.200. The van der Waals surface area contributed by atoms with Gasteiger partial charge in [0.25, 0.3) is 0 Å². The number of nitro benzene ring substituents is 1. The van der Waals surface area contributed by atoms with Crippen LogP contribution in [-0.4, -0.2) is 15.8 Å². The van der Waals surface area contributed by atoms with Crippen LogP contribution < -0.4 is 0 Å². The highest BCUT2D eigenvalue weighted by Crippen LogP contribution is 2.29. The average Bonchev–Trinajstić information content (AvgIpc) is 2.23. The molecule has 1 aromatic carbocycles. The third-order valence-corrected chi connectivity index (χ3v) is 1.93. The van der Waals surface area contributed by atoms with Gasteiger partial charge in [-0.15, -0.1) is 0 Å².